The number of carbonyl (C=O) groups is 1. The average molecular weight is 415 g/mol. The lowest BCUT2D eigenvalue weighted by atomic mass is 10.00. The van der Waals surface area contributed by atoms with Crippen LogP contribution in [0.15, 0.2) is 63.7 Å². The third kappa shape index (κ3) is 5.64. The van der Waals surface area contributed by atoms with E-state index in [2.05, 4.69) is 10.3 Å². The maximum absolute atomic E-state index is 13.4. The first-order valence-corrected chi connectivity index (χ1v) is 9.54. The van der Waals surface area contributed by atoms with Crippen molar-refractivity contribution in [3.8, 4) is 0 Å². The molecule has 9 heteroatoms. The maximum Gasteiger partial charge on any atom is 0.229 e. The van der Waals surface area contributed by atoms with Crippen LogP contribution in [0.3, 0.4) is 0 Å². The van der Waals surface area contributed by atoms with E-state index in [-0.39, 0.29) is 29.5 Å². The summed E-state index contributed by atoms with van der Waals surface area (Å²) in [6.07, 6.45) is 6.57. The predicted octanol–water partition coefficient (Wildman–Crippen LogP) is 3.49. The number of hydrogen-bond acceptors (Lipinski definition) is 6. The van der Waals surface area contributed by atoms with Gasteiger partial charge < -0.3 is 16.8 Å². The highest BCUT2D eigenvalue weighted by Gasteiger charge is 2.15. The zero-order chi connectivity index (χ0) is 21.0. The van der Waals surface area contributed by atoms with Crippen LogP contribution in [0, 0.1) is 17.0 Å². The maximum atomic E-state index is 13.4. The lowest BCUT2D eigenvalue weighted by Gasteiger charge is -2.13. The summed E-state index contributed by atoms with van der Waals surface area (Å²) in [6.45, 7) is 0. The molecule has 1 aromatic carbocycles. The number of pyridine rings is 1. The fourth-order valence-electron chi connectivity index (χ4n) is 2.74. The molecular formula is C20H19F2N5OS. The monoisotopic (exact) mass is 415 g/mol. The smallest absolute Gasteiger partial charge is 0.229 e. The number of nitrogens with two attached hydrogens (primary N) is 2. The summed E-state index contributed by atoms with van der Waals surface area (Å²) in [6, 6.07) is 4.71. The number of amides is 1. The number of nitrogen functional groups attached to an aromatic ring is 1. The van der Waals surface area contributed by atoms with E-state index in [4.69, 9.17) is 16.9 Å². The summed E-state index contributed by atoms with van der Waals surface area (Å²) in [7, 11) is 0. The topological polar surface area (TPSA) is 118 Å². The number of nitrogens with zero attached hydrogens (tertiary/aromatic N) is 1. The standard InChI is InChI=1S/C20H19F2N5OS/c21-12-6-13(22)8-15(7-12)29-16-9-17(19(24)26-10-16)20(25)27-18(28)5-11-1-3-14(23)4-2-11/h1,3,6-10H,2,4-5,23H2,(H2,24,26)(H2,25,27,28). The molecule has 150 valence electrons. The van der Waals surface area contributed by atoms with Crippen molar-refractivity contribution in [3.63, 3.8) is 0 Å². The van der Waals surface area contributed by atoms with Gasteiger partial charge in [-0.3, -0.25) is 10.2 Å². The van der Waals surface area contributed by atoms with Gasteiger partial charge in [-0.1, -0.05) is 23.4 Å². The van der Waals surface area contributed by atoms with Crippen LogP contribution in [-0.2, 0) is 4.79 Å². The molecule has 6 nitrogen and oxygen atoms in total. The summed E-state index contributed by atoms with van der Waals surface area (Å²) < 4.78 is 26.7. The molecule has 29 heavy (non-hydrogen) atoms. The average Bonchev–Trinajstić information content (AvgIpc) is 2.64. The molecule has 0 unspecified atom stereocenters. The molecule has 2 aromatic rings. The molecule has 0 radical (unpaired) electrons. The first-order chi connectivity index (χ1) is 13.8. The SMILES string of the molecule is N=C(NC(=O)CC1=CC=C(N)CC1)c1cc(Sc2cc(F)cc(F)c2)cnc1N. The summed E-state index contributed by atoms with van der Waals surface area (Å²) in [5.41, 5.74) is 13.5. The van der Waals surface area contributed by atoms with Gasteiger partial charge in [0.2, 0.25) is 5.91 Å². The van der Waals surface area contributed by atoms with Gasteiger partial charge in [-0.15, -0.1) is 0 Å². The Kier molecular flexibility index (Phi) is 6.28. The van der Waals surface area contributed by atoms with Crippen LogP contribution in [-0.4, -0.2) is 16.7 Å². The van der Waals surface area contributed by atoms with Gasteiger partial charge in [0.25, 0.3) is 0 Å². The number of halogens is 2. The van der Waals surface area contributed by atoms with Crippen molar-refractivity contribution < 1.29 is 13.6 Å². The van der Waals surface area contributed by atoms with E-state index < -0.39 is 11.6 Å². The molecule has 0 bridgehead atoms. The largest absolute Gasteiger partial charge is 0.402 e. The zero-order valence-corrected chi connectivity index (χ0v) is 16.2. The Bertz CT molecular complexity index is 1020. The Labute approximate surface area is 170 Å². The quantitative estimate of drug-likeness (QED) is 0.440. The summed E-state index contributed by atoms with van der Waals surface area (Å²) in [5, 5.41) is 10.7. The van der Waals surface area contributed by atoms with E-state index in [1.165, 1.54) is 18.3 Å². The van der Waals surface area contributed by atoms with Crippen molar-refractivity contribution in [1.29, 1.82) is 5.41 Å². The van der Waals surface area contributed by atoms with Gasteiger partial charge in [-0.05, 0) is 37.1 Å². The van der Waals surface area contributed by atoms with Crippen LogP contribution in [0.4, 0.5) is 14.6 Å². The Morgan fingerprint density at radius 3 is 2.48 bits per heavy atom. The van der Waals surface area contributed by atoms with Gasteiger partial charge in [-0.25, -0.2) is 13.8 Å². The normalized spacial score (nSPS) is 13.4. The highest BCUT2D eigenvalue weighted by atomic mass is 32.2. The Balaban J connectivity index is 1.70. The number of anilines is 1. The number of hydrogen-bond donors (Lipinski definition) is 4. The Hall–Kier alpha value is -3.20. The Morgan fingerprint density at radius 1 is 1.10 bits per heavy atom. The van der Waals surface area contributed by atoms with E-state index in [0.717, 1.165) is 29.1 Å². The number of nitrogens with one attached hydrogen (secondary N) is 2. The summed E-state index contributed by atoms with van der Waals surface area (Å²) >= 11 is 1.07. The lowest BCUT2D eigenvalue weighted by molar-refractivity contribution is -0.119. The molecule has 6 N–H and O–H groups in total. The molecule has 0 atom stereocenters. The third-order valence-electron chi connectivity index (χ3n) is 4.15. The second-order valence-electron chi connectivity index (χ2n) is 6.48. The van der Waals surface area contributed by atoms with Crippen LogP contribution < -0.4 is 16.8 Å². The van der Waals surface area contributed by atoms with Crippen molar-refractivity contribution in [3.05, 3.63) is 71.1 Å². The van der Waals surface area contributed by atoms with E-state index in [1.54, 1.807) is 12.1 Å². The van der Waals surface area contributed by atoms with Gasteiger partial charge in [0.15, 0.2) is 0 Å². The highest BCUT2D eigenvalue weighted by molar-refractivity contribution is 7.99. The number of rotatable bonds is 5. The van der Waals surface area contributed by atoms with Crippen molar-refractivity contribution in [2.45, 2.75) is 29.1 Å². The summed E-state index contributed by atoms with van der Waals surface area (Å²) in [4.78, 5) is 17.1. The van der Waals surface area contributed by atoms with Gasteiger partial charge >= 0.3 is 0 Å². The second kappa shape index (κ2) is 8.87. The molecule has 1 heterocycles. The zero-order valence-electron chi connectivity index (χ0n) is 15.3. The summed E-state index contributed by atoms with van der Waals surface area (Å²) in [5.74, 6) is -1.86. The second-order valence-corrected chi connectivity index (χ2v) is 7.62. The van der Waals surface area contributed by atoms with Crippen molar-refractivity contribution in [2.75, 3.05) is 5.73 Å². The Morgan fingerprint density at radius 2 is 1.83 bits per heavy atom. The molecule has 0 fully saturated rings. The van der Waals surface area contributed by atoms with Crippen LogP contribution in [0.1, 0.15) is 24.8 Å². The first-order valence-electron chi connectivity index (χ1n) is 8.72. The number of allylic oxidation sites excluding steroid dienone is 3. The van der Waals surface area contributed by atoms with E-state index in [0.29, 0.717) is 22.6 Å². The van der Waals surface area contributed by atoms with Crippen LogP contribution in [0.2, 0.25) is 0 Å². The number of carbonyl (C=O) groups excluding carboxylic acids is 1. The minimum absolute atomic E-state index is 0.0673. The van der Waals surface area contributed by atoms with Crippen molar-refractivity contribution in [2.24, 2.45) is 5.73 Å². The molecule has 1 aliphatic carbocycles. The van der Waals surface area contributed by atoms with E-state index in [9.17, 15) is 13.6 Å². The highest BCUT2D eigenvalue weighted by Crippen LogP contribution is 2.30. The number of benzene rings is 1. The lowest BCUT2D eigenvalue weighted by Crippen LogP contribution is -2.31. The van der Waals surface area contributed by atoms with Crippen molar-refractivity contribution >= 4 is 29.3 Å². The fourth-order valence-corrected chi connectivity index (χ4v) is 3.63. The molecule has 0 saturated heterocycles. The molecule has 3 rings (SSSR count). The number of aromatic nitrogens is 1. The van der Waals surface area contributed by atoms with E-state index in [1.807, 2.05) is 6.08 Å². The molecule has 1 aromatic heterocycles. The van der Waals surface area contributed by atoms with Gasteiger partial charge in [0.1, 0.15) is 23.3 Å². The molecular weight excluding hydrogens is 396 g/mol. The minimum atomic E-state index is -0.690. The van der Waals surface area contributed by atoms with Crippen LogP contribution in [0.5, 0.6) is 0 Å². The van der Waals surface area contributed by atoms with Crippen LogP contribution in [0.25, 0.3) is 0 Å². The number of amidine groups is 1. The minimum Gasteiger partial charge on any atom is -0.402 e. The first kappa shape index (κ1) is 20.5. The molecule has 1 aliphatic rings. The van der Waals surface area contributed by atoms with Crippen molar-refractivity contribution in [1.82, 2.24) is 10.3 Å². The van der Waals surface area contributed by atoms with Gasteiger partial charge in [-0.2, -0.15) is 0 Å². The van der Waals surface area contributed by atoms with Crippen LogP contribution >= 0.6 is 11.8 Å². The molecule has 1 amide bonds. The van der Waals surface area contributed by atoms with E-state index >= 15 is 0 Å². The molecule has 0 spiro atoms. The molecule has 0 aliphatic heterocycles. The fraction of sp³-hybridized carbons (Fsp3) is 0.150. The predicted molar refractivity (Wildman–Crippen MR) is 108 cm³/mol. The van der Waals surface area contributed by atoms with Gasteiger partial charge in [0.05, 0.1) is 5.56 Å². The molecule has 0 saturated carbocycles. The third-order valence-corrected chi connectivity index (χ3v) is 5.08. The van der Waals surface area contributed by atoms with Gasteiger partial charge in [0, 0.05) is 34.2 Å².